The molecule has 1 amide bonds. The zero-order valence-corrected chi connectivity index (χ0v) is 23.9. The zero-order valence-electron chi connectivity index (χ0n) is 23.9. The molecule has 0 bridgehead atoms. The number of aromatic hydroxyl groups is 1. The fourth-order valence-electron chi connectivity index (χ4n) is 4.59. The molecule has 40 heavy (non-hydrogen) atoms. The van der Waals surface area contributed by atoms with Gasteiger partial charge in [0.25, 0.3) is 0 Å². The number of nitrogens with zero attached hydrogens (tertiary/aromatic N) is 3. The van der Waals surface area contributed by atoms with Crippen molar-refractivity contribution in [2.75, 3.05) is 44.8 Å². The van der Waals surface area contributed by atoms with Crippen molar-refractivity contribution in [1.29, 1.82) is 0 Å². The summed E-state index contributed by atoms with van der Waals surface area (Å²) in [5.41, 5.74) is 4.22. The topological polar surface area (TPSA) is 90.4 Å². The van der Waals surface area contributed by atoms with Crippen LogP contribution in [0.4, 0.5) is 11.4 Å². The summed E-state index contributed by atoms with van der Waals surface area (Å²) in [5.74, 6) is 1.25. The number of aliphatic imine (C=N–C) groups is 1. The molecule has 8 nitrogen and oxygen atoms in total. The minimum absolute atomic E-state index is 0.00653. The number of aromatic amines is 1. The predicted octanol–water partition coefficient (Wildman–Crippen LogP) is 6.14. The number of fused-ring (bicyclic) bond motifs is 1. The molecule has 4 aromatic rings. The lowest BCUT2D eigenvalue weighted by molar-refractivity contribution is -0.119. The van der Waals surface area contributed by atoms with Crippen LogP contribution in [0.5, 0.6) is 17.4 Å². The monoisotopic (exact) mass is 542 g/mol. The van der Waals surface area contributed by atoms with E-state index in [0.717, 1.165) is 29.7 Å². The molecular formula is C32H38N4O4. The number of carbonyl (C=O) groups is 1. The largest absolute Gasteiger partial charge is 0.494 e. The van der Waals surface area contributed by atoms with Gasteiger partial charge in [-0.2, -0.15) is 0 Å². The molecule has 0 saturated carbocycles. The number of nitrogens with one attached hydrogen (secondary N) is 1. The maximum absolute atomic E-state index is 12.8. The maximum Gasteiger partial charge on any atom is 0.240 e. The number of hydrogen-bond donors (Lipinski definition) is 2. The van der Waals surface area contributed by atoms with E-state index in [1.807, 2.05) is 80.6 Å². The van der Waals surface area contributed by atoms with Crippen LogP contribution in [0.1, 0.15) is 38.8 Å². The quantitative estimate of drug-likeness (QED) is 0.210. The highest BCUT2D eigenvalue weighted by Gasteiger charge is 2.21. The van der Waals surface area contributed by atoms with E-state index in [4.69, 9.17) is 14.5 Å². The molecule has 0 fully saturated rings. The Kier molecular flexibility index (Phi) is 9.45. The van der Waals surface area contributed by atoms with E-state index in [1.54, 1.807) is 11.9 Å². The number of hydrogen-bond acceptors (Lipinski definition) is 6. The van der Waals surface area contributed by atoms with Gasteiger partial charge in [-0.25, -0.2) is 4.99 Å². The first-order chi connectivity index (χ1) is 19.4. The predicted molar refractivity (Wildman–Crippen MR) is 162 cm³/mol. The number of rotatable bonds is 12. The lowest BCUT2D eigenvalue weighted by Crippen LogP contribution is -2.38. The third kappa shape index (κ3) is 6.29. The standard InChI is InChI=1S/C32H38N4O4/c1-6-36(7-2)21-29(37)35(5)24-17-15-23(16-18-24)33-31(22-13-11-10-12-14-22)30-25-19-27(39-8-3)28(40-9-4)20-26(25)34-32(30)38/h10-20,34,38H,6-9,21H2,1-5H3. The Morgan fingerprint density at radius 2 is 1.52 bits per heavy atom. The number of anilines is 1. The second-order valence-corrected chi connectivity index (χ2v) is 9.32. The summed E-state index contributed by atoms with van der Waals surface area (Å²) in [4.78, 5) is 24.6. The van der Waals surface area contributed by atoms with Crippen molar-refractivity contribution in [2.24, 2.45) is 4.99 Å². The molecule has 4 rings (SSSR count). The normalized spacial score (nSPS) is 11.7. The van der Waals surface area contributed by atoms with Crippen LogP contribution < -0.4 is 14.4 Å². The third-order valence-electron chi connectivity index (χ3n) is 6.83. The van der Waals surface area contributed by atoms with Gasteiger partial charge in [0.2, 0.25) is 5.91 Å². The van der Waals surface area contributed by atoms with E-state index >= 15 is 0 Å². The minimum atomic E-state index is 0.00653. The average molecular weight is 543 g/mol. The van der Waals surface area contributed by atoms with Crippen LogP contribution in [-0.2, 0) is 4.79 Å². The summed E-state index contributed by atoms with van der Waals surface area (Å²) in [5, 5.41) is 11.9. The first kappa shape index (κ1) is 28.7. The Morgan fingerprint density at radius 3 is 2.12 bits per heavy atom. The first-order valence-electron chi connectivity index (χ1n) is 13.8. The third-order valence-corrected chi connectivity index (χ3v) is 6.83. The summed E-state index contributed by atoms with van der Waals surface area (Å²) in [6, 6.07) is 21.0. The molecule has 0 atom stereocenters. The van der Waals surface area contributed by atoms with E-state index in [-0.39, 0.29) is 11.8 Å². The molecular weight excluding hydrogens is 504 g/mol. The summed E-state index contributed by atoms with van der Waals surface area (Å²) in [6.07, 6.45) is 0. The van der Waals surface area contributed by atoms with Crippen LogP contribution in [0, 0.1) is 0 Å². The van der Waals surface area contributed by atoms with E-state index in [9.17, 15) is 9.90 Å². The Labute approximate surface area is 235 Å². The molecule has 8 heteroatoms. The maximum atomic E-state index is 12.8. The molecule has 0 aliphatic rings. The smallest absolute Gasteiger partial charge is 0.240 e. The second kappa shape index (κ2) is 13.2. The van der Waals surface area contributed by atoms with Gasteiger partial charge in [-0.05, 0) is 57.3 Å². The van der Waals surface area contributed by atoms with Crippen LogP contribution in [0.15, 0.2) is 71.7 Å². The number of amides is 1. The number of H-pyrrole nitrogens is 1. The van der Waals surface area contributed by atoms with Crippen molar-refractivity contribution in [3.05, 3.63) is 77.9 Å². The van der Waals surface area contributed by atoms with E-state index in [1.165, 1.54) is 0 Å². The SMILES string of the molecule is CCOc1cc2[nH]c(O)c(C(=Nc3ccc(N(C)C(=O)CN(CC)CC)cc3)c3ccccc3)c2cc1OCC. The van der Waals surface area contributed by atoms with Crippen LogP contribution in [0.2, 0.25) is 0 Å². The number of likely N-dealkylation sites (N-methyl/N-ethyl adjacent to an activating group) is 2. The van der Waals surface area contributed by atoms with E-state index in [2.05, 4.69) is 23.7 Å². The Morgan fingerprint density at radius 1 is 0.900 bits per heavy atom. The Hall–Kier alpha value is -4.30. The number of aromatic nitrogens is 1. The molecule has 1 aromatic heterocycles. The Bertz CT molecular complexity index is 1460. The number of ether oxygens (including phenoxy) is 2. The first-order valence-corrected chi connectivity index (χ1v) is 13.8. The van der Waals surface area contributed by atoms with E-state index < -0.39 is 0 Å². The lowest BCUT2D eigenvalue weighted by atomic mass is 10.0. The van der Waals surface area contributed by atoms with Gasteiger partial charge in [0.15, 0.2) is 17.4 Å². The second-order valence-electron chi connectivity index (χ2n) is 9.32. The van der Waals surface area contributed by atoms with Crippen LogP contribution >= 0.6 is 0 Å². The van der Waals surface area contributed by atoms with Crippen molar-refractivity contribution >= 4 is 33.9 Å². The highest BCUT2D eigenvalue weighted by Crippen LogP contribution is 2.38. The van der Waals surface area contributed by atoms with Gasteiger partial charge >= 0.3 is 0 Å². The molecule has 0 aliphatic heterocycles. The van der Waals surface area contributed by atoms with Crippen molar-refractivity contribution in [2.45, 2.75) is 27.7 Å². The molecule has 2 N–H and O–H groups in total. The summed E-state index contributed by atoms with van der Waals surface area (Å²) in [7, 11) is 1.79. The molecule has 0 unspecified atom stereocenters. The summed E-state index contributed by atoms with van der Waals surface area (Å²) >= 11 is 0. The van der Waals surface area contributed by atoms with Gasteiger partial charge < -0.3 is 24.5 Å². The molecule has 210 valence electrons. The van der Waals surface area contributed by atoms with Crippen molar-refractivity contribution in [1.82, 2.24) is 9.88 Å². The average Bonchev–Trinajstić information content (AvgIpc) is 3.29. The Balaban J connectivity index is 1.76. The lowest BCUT2D eigenvalue weighted by Gasteiger charge is -2.23. The molecule has 3 aromatic carbocycles. The highest BCUT2D eigenvalue weighted by molar-refractivity contribution is 6.22. The van der Waals surface area contributed by atoms with Gasteiger partial charge in [0.1, 0.15) is 0 Å². The van der Waals surface area contributed by atoms with Gasteiger partial charge in [-0.15, -0.1) is 0 Å². The summed E-state index contributed by atoms with van der Waals surface area (Å²) in [6.45, 7) is 10.9. The molecule has 0 saturated heterocycles. The van der Waals surface area contributed by atoms with Crippen LogP contribution in [0.25, 0.3) is 10.9 Å². The van der Waals surface area contributed by atoms with Gasteiger partial charge in [-0.3, -0.25) is 9.69 Å². The molecule has 0 radical (unpaired) electrons. The van der Waals surface area contributed by atoms with Crippen molar-refractivity contribution in [3.8, 4) is 17.4 Å². The van der Waals surface area contributed by atoms with Crippen molar-refractivity contribution in [3.63, 3.8) is 0 Å². The van der Waals surface area contributed by atoms with Gasteiger partial charge in [-0.1, -0.05) is 44.2 Å². The van der Waals surface area contributed by atoms with Gasteiger partial charge in [0, 0.05) is 29.8 Å². The summed E-state index contributed by atoms with van der Waals surface area (Å²) < 4.78 is 11.6. The fourth-order valence-corrected chi connectivity index (χ4v) is 4.59. The molecule has 0 spiro atoms. The molecule has 0 aliphatic carbocycles. The highest BCUT2D eigenvalue weighted by atomic mass is 16.5. The minimum Gasteiger partial charge on any atom is -0.494 e. The van der Waals surface area contributed by atoms with Gasteiger partial charge in [0.05, 0.1) is 42.2 Å². The number of carbonyl (C=O) groups excluding carboxylic acids is 1. The zero-order chi connectivity index (χ0) is 28.6. The number of benzene rings is 3. The molecule has 1 heterocycles. The van der Waals surface area contributed by atoms with Crippen LogP contribution in [-0.4, -0.2) is 66.5 Å². The fraction of sp³-hybridized carbons (Fsp3) is 0.312. The van der Waals surface area contributed by atoms with E-state index in [0.29, 0.717) is 53.7 Å². The van der Waals surface area contributed by atoms with Crippen molar-refractivity contribution < 1.29 is 19.4 Å². The van der Waals surface area contributed by atoms with Crippen LogP contribution in [0.3, 0.4) is 0 Å².